The molecule has 18 heavy (non-hydrogen) atoms. The average Bonchev–Trinajstić information content (AvgIpc) is 2.40. The third kappa shape index (κ3) is 3.31. The number of benzene rings is 1. The molecule has 2 rings (SSSR count). The van der Waals surface area contributed by atoms with E-state index in [1.165, 1.54) is 11.1 Å². The summed E-state index contributed by atoms with van der Waals surface area (Å²) in [4.78, 5) is 4.26. The zero-order valence-electron chi connectivity index (χ0n) is 10.8. The van der Waals surface area contributed by atoms with Crippen LogP contribution in [0.3, 0.4) is 0 Å². The van der Waals surface area contributed by atoms with Gasteiger partial charge in [0.1, 0.15) is 0 Å². The topological polar surface area (TPSA) is 34.1 Å². The molecule has 1 N–H and O–H groups in total. The Morgan fingerprint density at radius 2 is 1.89 bits per heavy atom. The van der Waals surface area contributed by atoms with E-state index >= 15 is 0 Å². The molecule has 0 radical (unpaired) electrons. The minimum Gasteiger partial charge on any atom is -0.380 e. The predicted molar refractivity (Wildman–Crippen MR) is 73.5 cm³/mol. The van der Waals surface area contributed by atoms with Crippen LogP contribution in [0.15, 0.2) is 42.6 Å². The van der Waals surface area contributed by atoms with Crippen LogP contribution in [-0.4, -0.2) is 12.1 Å². The van der Waals surface area contributed by atoms with Gasteiger partial charge in [0, 0.05) is 19.3 Å². The summed E-state index contributed by atoms with van der Waals surface area (Å²) in [6.45, 7) is 3.41. The van der Waals surface area contributed by atoms with Gasteiger partial charge in [-0.1, -0.05) is 24.3 Å². The van der Waals surface area contributed by atoms with Gasteiger partial charge < -0.3 is 10.1 Å². The number of aromatic nitrogens is 1. The van der Waals surface area contributed by atoms with Crippen LogP contribution >= 0.6 is 0 Å². The van der Waals surface area contributed by atoms with Gasteiger partial charge in [-0.3, -0.25) is 4.98 Å². The second-order valence-electron chi connectivity index (χ2n) is 4.24. The van der Waals surface area contributed by atoms with Crippen LogP contribution in [0.2, 0.25) is 0 Å². The Morgan fingerprint density at radius 1 is 1.11 bits per heavy atom. The van der Waals surface area contributed by atoms with E-state index in [-0.39, 0.29) is 0 Å². The summed E-state index contributed by atoms with van der Waals surface area (Å²) in [5.74, 6) is 0. The first-order chi connectivity index (χ1) is 8.79. The number of nitrogens with one attached hydrogen (secondary N) is 1. The van der Waals surface area contributed by atoms with Crippen molar-refractivity contribution in [1.82, 2.24) is 4.98 Å². The smallest absolute Gasteiger partial charge is 0.0716 e. The summed E-state index contributed by atoms with van der Waals surface area (Å²) in [5, 5.41) is 3.37. The van der Waals surface area contributed by atoms with Crippen molar-refractivity contribution in [1.29, 1.82) is 0 Å². The fraction of sp³-hybridized carbons (Fsp3) is 0.267. The second kappa shape index (κ2) is 6.17. The first-order valence-electron chi connectivity index (χ1n) is 6.02. The molecule has 0 saturated heterocycles. The normalized spacial score (nSPS) is 10.3. The van der Waals surface area contributed by atoms with Crippen LogP contribution in [0.1, 0.15) is 16.8 Å². The molecular formula is C15H18N2O. The number of hydrogen-bond acceptors (Lipinski definition) is 3. The molecule has 3 nitrogen and oxygen atoms in total. The zero-order chi connectivity index (χ0) is 12.8. The Balaban J connectivity index is 2.03. The van der Waals surface area contributed by atoms with Gasteiger partial charge in [-0.2, -0.15) is 0 Å². The summed E-state index contributed by atoms with van der Waals surface area (Å²) in [6, 6.07) is 12.3. The SMILES string of the molecule is COCc1ccccc1CNc1ccc(C)nc1. The van der Waals surface area contributed by atoms with E-state index in [1.54, 1.807) is 7.11 Å². The molecule has 0 saturated carbocycles. The Bertz CT molecular complexity index is 494. The molecular weight excluding hydrogens is 224 g/mol. The lowest BCUT2D eigenvalue weighted by Gasteiger charge is -2.10. The maximum absolute atomic E-state index is 5.20. The zero-order valence-corrected chi connectivity index (χ0v) is 10.8. The number of nitrogens with zero attached hydrogens (tertiary/aromatic N) is 1. The highest BCUT2D eigenvalue weighted by atomic mass is 16.5. The van der Waals surface area contributed by atoms with Gasteiger partial charge in [0.05, 0.1) is 18.5 Å². The first-order valence-corrected chi connectivity index (χ1v) is 6.02. The predicted octanol–water partition coefficient (Wildman–Crippen LogP) is 3.15. The van der Waals surface area contributed by atoms with Crippen molar-refractivity contribution < 1.29 is 4.74 Å². The number of anilines is 1. The van der Waals surface area contributed by atoms with E-state index in [4.69, 9.17) is 4.74 Å². The molecule has 0 aliphatic carbocycles. The van der Waals surface area contributed by atoms with Crippen LogP contribution < -0.4 is 5.32 Å². The molecule has 2 aromatic rings. The molecule has 1 heterocycles. The fourth-order valence-corrected chi connectivity index (χ4v) is 1.80. The van der Waals surface area contributed by atoms with Crippen LogP contribution in [0, 0.1) is 6.92 Å². The number of methoxy groups -OCH3 is 1. The van der Waals surface area contributed by atoms with Crippen molar-refractivity contribution in [2.45, 2.75) is 20.1 Å². The Morgan fingerprint density at radius 3 is 2.56 bits per heavy atom. The van der Waals surface area contributed by atoms with Crippen molar-refractivity contribution in [2.75, 3.05) is 12.4 Å². The summed E-state index contributed by atoms with van der Waals surface area (Å²) in [6.07, 6.45) is 1.86. The largest absolute Gasteiger partial charge is 0.380 e. The molecule has 0 amide bonds. The van der Waals surface area contributed by atoms with E-state index in [2.05, 4.69) is 22.4 Å². The maximum Gasteiger partial charge on any atom is 0.0716 e. The van der Waals surface area contributed by atoms with Crippen molar-refractivity contribution in [3.63, 3.8) is 0 Å². The highest BCUT2D eigenvalue weighted by Gasteiger charge is 2.01. The second-order valence-corrected chi connectivity index (χ2v) is 4.24. The number of hydrogen-bond donors (Lipinski definition) is 1. The molecule has 0 atom stereocenters. The number of ether oxygens (including phenoxy) is 1. The molecule has 1 aromatic heterocycles. The van der Waals surface area contributed by atoms with E-state index in [0.717, 1.165) is 17.9 Å². The third-order valence-corrected chi connectivity index (χ3v) is 2.81. The van der Waals surface area contributed by atoms with Crippen LogP contribution in [-0.2, 0) is 17.9 Å². The van der Waals surface area contributed by atoms with Gasteiger partial charge in [0.2, 0.25) is 0 Å². The van der Waals surface area contributed by atoms with Crippen LogP contribution in [0.25, 0.3) is 0 Å². The molecule has 0 spiro atoms. The molecule has 94 valence electrons. The Hall–Kier alpha value is -1.87. The molecule has 0 aliphatic rings. The van der Waals surface area contributed by atoms with Crippen molar-refractivity contribution in [3.05, 3.63) is 59.4 Å². The van der Waals surface area contributed by atoms with Crippen molar-refractivity contribution in [3.8, 4) is 0 Å². The highest BCUT2D eigenvalue weighted by molar-refractivity contribution is 5.42. The summed E-state index contributed by atoms with van der Waals surface area (Å²) >= 11 is 0. The van der Waals surface area contributed by atoms with Gasteiger partial charge >= 0.3 is 0 Å². The van der Waals surface area contributed by atoms with E-state index in [0.29, 0.717) is 6.61 Å². The maximum atomic E-state index is 5.20. The van der Waals surface area contributed by atoms with E-state index in [1.807, 2.05) is 37.4 Å². The quantitative estimate of drug-likeness (QED) is 0.874. The third-order valence-electron chi connectivity index (χ3n) is 2.81. The van der Waals surface area contributed by atoms with Crippen LogP contribution in [0.4, 0.5) is 5.69 Å². The summed E-state index contributed by atoms with van der Waals surface area (Å²) < 4.78 is 5.20. The van der Waals surface area contributed by atoms with Gasteiger partial charge in [-0.15, -0.1) is 0 Å². The standard InChI is InChI=1S/C15H18N2O/c1-12-7-8-15(10-16-12)17-9-13-5-3-4-6-14(13)11-18-2/h3-8,10,17H,9,11H2,1-2H3. The number of rotatable bonds is 5. The van der Waals surface area contributed by atoms with Crippen molar-refractivity contribution >= 4 is 5.69 Å². The van der Waals surface area contributed by atoms with Crippen molar-refractivity contribution in [2.24, 2.45) is 0 Å². The molecule has 1 aromatic carbocycles. The van der Waals surface area contributed by atoms with Gasteiger partial charge in [0.15, 0.2) is 0 Å². The lowest BCUT2D eigenvalue weighted by molar-refractivity contribution is 0.184. The van der Waals surface area contributed by atoms with Crippen LogP contribution in [0.5, 0.6) is 0 Å². The number of pyridine rings is 1. The lowest BCUT2D eigenvalue weighted by Crippen LogP contribution is -2.03. The fourth-order valence-electron chi connectivity index (χ4n) is 1.80. The lowest BCUT2D eigenvalue weighted by atomic mass is 10.1. The van der Waals surface area contributed by atoms with Gasteiger partial charge in [-0.05, 0) is 30.2 Å². The van der Waals surface area contributed by atoms with Gasteiger partial charge in [0.25, 0.3) is 0 Å². The molecule has 0 fully saturated rings. The number of aryl methyl sites for hydroxylation is 1. The summed E-state index contributed by atoms with van der Waals surface area (Å²) in [5.41, 5.74) is 4.53. The first kappa shape index (κ1) is 12.6. The van der Waals surface area contributed by atoms with E-state index in [9.17, 15) is 0 Å². The Kier molecular flexibility index (Phi) is 4.31. The van der Waals surface area contributed by atoms with Gasteiger partial charge in [-0.25, -0.2) is 0 Å². The molecule has 0 unspecified atom stereocenters. The summed E-state index contributed by atoms with van der Waals surface area (Å²) in [7, 11) is 1.72. The minimum atomic E-state index is 0.643. The Labute approximate surface area is 108 Å². The highest BCUT2D eigenvalue weighted by Crippen LogP contribution is 2.13. The molecule has 3 heteroatoms. The monoisotopic (exact) mass is 242 g/mol. The average molecular weight is 242 g/mol. The molecule has 0 aliphatic heterocycles. The molecule has 0 bridgehead atoms. The van der Waals surface area contributed by atoms with E-state index < -0.39 is 0 Å². The minimum absolute atomic E-state index is 0.643.